The van der Waals surface area contributed by atoms with Gasteiger partial charge in [-0.05, 0) is 35.8 Å². The number of carbonyl (C=O) groups is 3. The predicted octanol–water partition coefficient (Wildman–Crippen LogP) is 5.33. The summed E-state index contributed by atoms with van der Waals surface area (Å²) in [6.07, 6.45) is 0.658. The lowest BCUT2D eigenvalue weighted by molar-refractivity contribution is -0.145. The third-order valence-corrected chi connectivity index (χ3v) is 8.95. The van der Waals surface area contributed by atoms with Crippen molar-refractivity contribution < 1.29 is 29.0 Å². The lowest BCUT2D eigenvalue weighted by Crippen LogP contribution is -2.50. The Morgan fingerprint density at radius 2 is 1.82 bits per heavy atom. The molecule has 0 aliphatic rings. The van der Waals surface area contributed by atoms with E-state index in [2.05, 4.69) is 20.3 Å². The zero-order valence-electron chi connectivity index (χ0n) is 27.4. The molecule has 45 heavy (non-hydrogen) atoms. The van der Waals surface area contributed by atoms with Crippen LogP contribution < -0.4 is 5.32 Å². The highest BCUT2D eigenvalue weighted by molar-refractivity contribution is 7.09. The summed E-state index contributed by atoms with van der Waals surface area (Å²) in [5.74, 6) is -1.72. The van der Waals surface area contributed by atoms with Crippen LogP contribution in [0.5, 0.6) is 0 Å². The van der Waals surface area contributed by atoms with E-state index in [1.807, 2.05) is 58.0 Å². The zero-order chi connectivity index (χ0) is 33.5. The molecule has 0 radical (unpaired) electrons. The van der Waals surface area contributed by atoms with Crippen molar-refractivity contribution in [2.75, 3.05) is 27.4 Å². The number of aromatic nitrogens is 1. The quantitative estimate of drug-likeness (QED) is 0.0902. The fourth-order valence-corrected chi connectivity index (χ4v) is 5.99. The summed E-state index contributed by atoms with van der Waals surface area (Å²) in [6.45, 7) is 10.0. The molecule has 0 aliphatic carbocycles. The van der Waals surface area contributed by atoms with Gasteiger partial charge < -0.3 is 24.8 Å². The lowest BCUT2D eigenvalue weighted by atomic mass is 9.93. The molecule has 2 amide bonds. The van der Waals surface area contributed by atoms with E-state index in [1.54, 1.807) is 24.3 Å². The van der Waals surface area contributed by atoms with Crippen LogP contribution in [0.15, 0.2) is 40.8 Å². The molecule has 1 aromatic heterocycles. The largest absolute Gasteiger partial charge is 0.469 e. The van der Waals surface area contributed by atoms with Crippen molar-refractivity contribution in [3.63, 3.8) is 0 Å². The number of nitrogens with one attached hydrogen (secondary N) is 1. The van der Waals surface area contributed by atoms with Crippen LogP contribution in [-0.2, 0) is 25.5 Å². The first-order chi connectivity index (χ1) is 21.5. The Bertz CT molecular complexity index is 1270. The minimum Gasteiger partial charge on any atom is -0.469 e. The minimum absolute atomic E-state index is 0.0534. The van der Waals surface area contributed by atoms with E-state index in [4.69, 9.17) is 15.0 Å². The highest BCUT2D eigenvalue weighted by atomic mass is 32.1. The van der Waals surface area contributed by atoms with Crippen LogP contribution >= 0.6 is 11.3 Å². The predicted molar refractivity (Wildman–Crippen MR) is 173 cm³/mol. The van der Waals surface area contributed by atoms with E-state index < -0.39 is 30.0 Å². The first-order valence-corrected chi connectivity index (χ1v) is 16.2. The summed E-state index contributed by atoms with van der Waals surface area (Å²) >= 11 is 1.16. The number of azide groups is 1. The average Bonchev–Trinajstić information content (AvgIpc) is 3.53. The Hall–Kier alpha value is -3.51. The maximum absolute atomic E-state index is 13.7. The fourth-order valence-electron chi connectivity index (χ4n) is 5.19. The van der Waals surface area contributed by atoms with Crippen LogP contribution in [0.3, 0.4) is 0 Å². The van der Waals surface area contributed by atoms with Crippen LogP contribution in [0.1, 0.15) is 81.0 Å². The number of thiazole rings is 1. The molecule has 12 nitrogen and oxygen atoms in total. The lowest BCUT2D eigenvalue weighted by Gasteiger charge is -2.37. The second kappa shape index (κ2) is 19.1. The standard InChI is InChI=1S/C32H48N6O6S/c1-8-21(4)28(36-37-33)31(41)38(14-15-43-6)26(20(2)3)18-27(39)30-35-25(19-45-30)29(40)34-24(16-22(5)32(42)44-7)17-23-12-10-9-11-13-23/h9-13,19-22,24,26-28,39H,8,14-18H2,1-7H3,(H,34,40)/t21-,22+,24-,26-,27-,28+/m1/s1. The van der Waals surface area contributed by atoms with Gasteiger partial charge in [-0.2, -0.15) is 0 Å². The highest BCUT2D eigenvalue weighted by Crippen LogP contribution is 2.29. The van der Waals surface area contributed by atoms with Gasteiger partial charge in [0, 0.05) is 42.5 Å². The van der Waals surface area contributed by atoms with Gasteiger partial charge in [0.1, 0.15) is 22.8 Å². The molecular weight excluding hydrogens is 596 g/mol. The van der Waals surface area contributed by atoms with Crippen LogP contribution in [0.4, 0.5) is 0 Å². The highest BCUT2D eigenvalue weighted by Gasteiger charge is 2.35. The first-order valence-electron chi connectivity index (χ1n) is 15.4. The molecule has 0 fully saturated rings. The summed E-state index contributed by atoms with van der Waals surface area (Å²) in [4.78, 5) is 48.1. The van der Waals surface area contributed by atoms with Gasteiger partial charge in [0.25, 0.3) is 5.91 Å². The normalized spacial score (nSPS) is 15.2. The summed E-state index contributed by atoms with van der Waals surface area (Å²) in [6, 6.07) is 8.02. The molecule has 2 aromatic rings. The maximum Gasteiger partial charge on any atom is 0.308 e. The molecule has 13 heteroatoms. The van der Waals surface area contributed by atoms with E-state index in [9.17, 15) is 19.5 Å². The number of hydrogen-bond donors (Lipinski definition) is 2. The Morgan fingerprint density at radius 3 is 2.40 bits per heavy atom. The van der Waals surface area contributed by atoms with Crippen molar-refractivity contribution in [2.24, 2.45) is 22.9 Å². The number of esters is 1. The maximum atomic E-state index is 13.7. The SMILES string of the molecule is CC[C@@H](C)[C@H](N=[N+]=[N-])C(=O)N(CCOC)[C@H](C[C@@H](O)c1nc(C(=O)N[C@@H](Cc2ccccc2)C[C@H](C)C(=O)OC)cs1)C(C)C. The average molecular weight is 645 g/mol. The van der Waals surface area contributed by atoms with Gasteiger partial charge in [0.05, 0.1) is 19.6 Å². The minimum atomic E-state index is -1.05. The van der Waals surface area contributed by atoms with Gasteiger partial charge in [-0.15, -0.1) is 11.3 Å². The van der Waals surface area contributed by atoms with Gasteiger partial charge in [0.15, 0.2) is 0 Å². The molecule has 1 heterocycles. The second-order valence-electron chi connectivity index (χ2n) is 11.7. The first kappa shape index (κ1) is 37.7. The number of benzene rings is 1. The van der Waals surface area contributed by atoms with Gasteiger partial charge in [-0.25, -0.2) is 4.98 Å². The number of nitrogens with zero attached hydrogens (tertiary/aromatic N) is 5. The fraction of sp³-hybridized carbons (Fsp3) is 0.625. The molecule has 1 aromatic carbocycles. The van der Waals surface area contributed by atoms with Crippen molar-refractivity contribution in [3.8, 4) is 0 Å². The summed E-state index contributed by atoms with van der Waals surface area (Å²) in [5.41, 5.74) is 10.3. The number of rotatable bonds is 19. The van der Waals surface area contributed by atoms with Crippen LogP contribution in [0.2, 0.25) is 0 Å². The number of carbonyl (C=O) groups excluding carboxylic acids is 3. The molecular formula is C32H48N6O6S. The number of aliphatic hydroxyl groups excluding tert-OH is 1. The third-order valence-electron chi connectivity index (χ3n) is 8.01. The van der Waals surface area contributed by atoms with Gasteiger partial charge >= 0.3 is 5.97 Å². The van der Waals surface area contributed by atoms with E-state index in [0.29, 0.717) is 24.3 Å². The number of aliphatic hydroxyl groups is 1. The summed E-state index contributed by atoms with van der Waals surface area (Å²) < 4.78 is 10.2. The molecule has 0 spiro atoms. The Kier molecular flexibility index (Phi) is 16.0. The van der Waals surface area contributed by atoms with Crippen molar-refractivity contribution in [1.82, 2.24) is 15.2 Å². The summed E-state index contributed by atoms with van der Waals surface area (Å²) in [7, 11) is 2.89. The van der Waals surface area contributed by atoms with E-state index in [1.165, 1.54) is 7.11 Å². The van der Waals surface area contributed by atoms with Gasteiger partial charge in [-0.1, -0.05) is 76.5 Å². The van der Waals surface area contributed by atoms with E-state index in [0.717, 1.165) is 16.9 Å². The Labute approximate surface area is 270 Å². The van der Waals surface area contributed by atoms with Crippen LogP contribution in [0.25, 0.3) is 10.4 Å². The molecule has 0 aliphatic heterocycles. The Balaban J connectivity index is 2.25. The van der Waals surface area contributed by atoms with Crippen LogP contribution in [-0.4, -0.2) is 78.3 Å². The third kappa shape index (κ3) is 11.4. The smallest absolute Gasteiger partial charge is 0.308 e. The molecule has 0 saturated heterocycles. The number of amides is 2. The van der Waals surface area contributed by atoms with Gasteiger partial charge in [0.2, 0.25) is 5.91 Å². The summed E-state index contributed by atoms with van der Waals surface area (Å²) in [5, 5.41) is 20.0. The number of hydrogen-bond acceptors (Lipinski definition) is 9. The zero-order valence-corrected chi connectivity index (χ0v) is 28.2. The molecule has 0 saturated carbocycles. The monoisotopic (exact) mass is 644 g/mol. The van der Waals surface area contributed by atoms with Gasteiger partial charge in [-0.3, -0.25) is 14.4 Å². The van der Waals surface area contributed by atoms with Crippen LogP contribution in [0, 0.1) is 17.8 Å². The molecule has 0 unspecified atom stereocenters. The molecule has 2 N–H and O–H groups in total. The van der Waals surface area contributed by atoms with Crippen molar-refractivity contribution >= 4 is 29.1 Å². The van der Waals surface area contributed by atoms with Crippen molar-refractivity contribution in [2.45, 2.75) is 84.5 Å². The topological polar surface area (TPSA) is 167 Å². The van der Waals surface area contributed by atoms with Crippen molar-refractivity contribution in [1.29, 1.82) is 0 Å². The van der Waals surface area contributed by atoms with E-state index >= 15 is 0 Å². The molecule has 2 rings (SSSR count). The molecule has 6 atom stereocenters. The molecule has 0 bridgehead atoms. The van der Waals surface area contributed by atoms with E-state index in [-0.39, 0.29) is 55.0 Å². The second-order valence-corrected chi connectivity index (χ2v) is 12.6. The Morgan fingerprint density at radius 1 is 1.13 bits per heavy atom. The molecule has 248 valence electrons. The van der Waals surface area contributed by atoms with Crippen molar-refractivity contribution in [3.05, 3.63) is 62.4 Å². The number of methoxy groups -OCH3 is 2. The number of ether oxygens (including phenoxy) is 2.